The molecule has 156 valence electrons. The Labute approximate surface area is 176 Å². The van der Waals surface area contributed by atoms with Gasteiger partial charge in [-0.25, -0.2) is 4.79 Å². The monoisotopic (exact) mass is 392 g/mol. The van der Waals surface area contributed by atoms with E-state index in [-0.39, 0.29) is 6.03 Å². The minimum Gasteiger partial charge on any atom is -0.338 e. The number of urea groups is 1. The minimum atomic E-state index is -0.159. The van der Waals surface area contributed by atoms with Gasteiger partial charge >= 0.3 is 6.03 Å². The second-order valence-electron chi connectivity index (χ2n) is 8.11. The number of unbranched alkanes of at least 4 members (excludes halogenated alkanes) is 4. The van der Waals surface area contributed by atoms with E-state index in [0.29, 0.717) is 12.5 Å². The summed E-state index contributed by atoms with van der Waals surface area (Å²) in [6, 6.07) is 16.3. The molecule has 0 aliphatic carbocycles. The highest BCUT2D eigenvalue weighted by Crippen LogP contribution is 2.28. The van der Waals surface area contributed by atoms with Crippen LogP contribution in [0.25, 0.3) is 5.57 Å². The predicted molar refractivity (Wildman–Crippen MR) is 125 cm³/mol. The molecule has 0 aliphatic rings. The lowest BCUT2D eigenvalue weighted by Crippen LogP contribution is -2.29. The topological polar surface area (TPSA) is 41.1 Å². The first-order valence-electron chi connectivity index (χ1n) is 10.9. The van der Waals surface area contributed by atoms with E-state index in [4.69, 9.17) is 0 Å². The Balaban J connectivity index is 1.97. The van der Waals surface area contributed by atoms with Gasteiger partial charge in [-0.1, -0.05) is 95.5 Å². The van der Waals surface area contributed by atoms with E-state index in [0.717, 1.165) is 41.6 Å². The van der Waals surface area contributed by atoms with Crippen LogP contribution in [0.5, 0.6) is 0 Å². The summed E-state index contributed by atoms with van der Waals surface area (Å²) in [5.41, 5.74) is 5.05. The molecule has 3 heteroatoms. The average Bonchev–Trinajstić information content (AvgIpc) is 2.70. The van der Waals surface area contributed by atoms with Gasteiger partial charge < -0.3 is 10.6 Å². The van der Waals surface area contributed by atoms with Gasteiger partial charge in [0.2, 0.25) is 0 Å². The Morgan fingerprint density at radius 2 is 1.66 bits per heavy atom. The van der Waals surface area contributed by atoms with Crippen molar-refractivity contribution in [3.05, 3.63) is 71.8 Å². The number of carbonyl (C=O) groups excluding carboxylic acids is 1. The Bertz CT molecular complexity index is 778. The number of benzene rings is 2. The predicted octanol–water partition coefficient (Wildman–Crippen LogP) is 7.04. The van der Waals surface area contributed by atoms with Crippen LogP contribution >= 0.6 is 0 Å². The Hall–Kier alpha value is -2.55. The quantitative estimate of drug-likeness (QED) is 0.396. The van der Waals surface area contributed by atoms with Crippen molar-refractivity contribution in [2.75, 3.05) is 11.9 Å². The molecule has 2 aromatic carbocycles. The third-order valence-corrected chi connectivity index (χ3v) is 5.01. The fourth-order valence-electron chi connectivity index (χ4n) is 3.42. The lowest BCUT2D eigenvalue weighted by molar-refractivity contribution is 0.252. The number of carbonyl (C=O) groups is 1. The summed E-state index contributed by atoms with van der Waals surface area (Å²) in [6.45, 7) is 11.7. The molecule has 0 heterocycles. The molecule has 3 nitrogen and oxygen atoms in total. The number of rotatable bonds is 11. The van der Waals surface area contributed by atoms with Gasteiger partial charge in [-0.2, -0.15) is 0 Å². The summed E-state index contributed by atoms with van der Waals surface area (Å²) in [5.74, 6) is 0.638. The number of hydrogen-bond donors (Lipinski definition) is 2. The van der Waals surface area contributed by atoms with Gasteiger partial charge in [0.15, 0.2) is 0 Å². The SMILES string of the molecule is C=C(c1ccc(CC(C)C)cc1)c1ccccc1NC(=O)NCCCCCCC. The van der Waals surface area contributed by atoms with E-state index >= 15 is 0 Å². The van der Waals surface area contributed by atoms with Crippen LogP contribution in [0.2, 0.25) is 0 Å². The van der Waals surface area contributed by atoms with E-state index in [2.05, 4.69) is 62.2 Å². The molecule has 0 saturated heterocycles. The third kappa shape index (κ3) is 7.77. The highest BCUT2D eigenvalue weighted by Gasteiger charge is 2.10. The number of hydrogen-bond acceptors (Lipinski definition) is 1. The summed E-state index contributed by atoms with van der Waals surface area (Å²) < 4.78 is 0. The van der Waals surface area contributed by atoms with Crippen molar-refractivity contribution < 1.29 is 4.79 Å². The largest absolute Gasteiger partial charge is 0.338 e. The van der Waals surface area contributed by atoms with Gasteiger partial charge in [-0.15, -0.1) is 0 Å². The molecule has 2 amide bonds. The zero-order chi connectivity index (χ0) is 21.1. The molecule has 0 aromatic heterocycles. The molecule has 2 aromatic rings. The number of anilines is 1. The van der Waals surface area contributed by atoms with E-state index in [1.165, 1.54) is 24.8 Å². The first kappa shape index (κ1) is 22.7. The summed E-state index contributed by atoms with van der Waals surface area (Å²) >= 11 is 0. The maximum atomic E-state index is 12.3. The molecule has 0 spiro atoms. The van der Waals surface area contributed by atoms with E-state index in [9.17, 15) is 4.79 Å². The van der Waals surface area contributed by atoms with Gasteiger partial charge in [0.1, 0.15) is 0 Å². The first-order chi connectivity index (χ1) is 14.0. The minimum absolute atomic E-state index is 0.159. The molecule has 2 rings (SSSR count). The van der Waals surface area contributed by atoms with Crippen LogP contribution in [0.3, 0.4) is 0 Å². The lowest BCUT2D eigenvalue weighted by Gasteiger charge is -2.15. The molecule has 0 atom stereocenters. The number of amides is 2. The van der Waals surface area contributed by atoms with Crippen molar-refractivity contribution in [1.29, 1.82) is 0 Å². The molecule has 0 aliphatic heterocycles. The molecule has 0 unspecified atom stereocenters. The maximum Gasteiger partial charge on any atom is 0.319 e. The molecular formula is C26H36N2O. The third-order valence-electron chi connectivity index (χ3n) is 5.01. The second-order valence-corrected chi connectivity index (χ2v) is 8.11. The molecule has 0 bridgehead atoms. The fourth-order valence-corrected chi connectivity index (χ4v) is 3.42. The van der Waals surface area contributed by atoms with Crippen LogP contribution < -0.4 is 10.6 Å². The van der Waals surface area contributed by atoms with E-state index in [1.807, 2.05) is 24.3 Å². The Kier molecular flexibility index (Phi) is 9.49. The summed E-state index contributed by atoms with van der Waals surface area (Å²) in [5, 5.41) is 5.95. The summed E-state index contributed by atoms with van der Waals surface area (Å²) in [6.07, 6.45) is 6.98. The number of para-hydroxylation sites is 1. The zero-order valence-electron chi connectivity index (χ0n) is 18.3. The van der Waals surface area contributed by atoms with Crippen LogP contribution in [0.4, 0.5) is 10.5 Å². The van der Waals surface area contributed by atoms with Crippen molar-refractivity contribution in [2.24, 2.45) is 5.92 Å². The Morgan fingerprint density at radius 1 is 0.966 bits per heavy atom. The molecule has 0 saturated carbocycles. The van der Waals surface area contributed by atoms with Crippen LogP contribution in [-0.4, -0.2) is 12.6 Å². The zero-order valence-corrected chi connectivity index (χ0v) is 18.3. The highest BCUT2D eigenvalue weighted by atomic mass is 16.2. The highest BCUT2D eigenvalue weighted by molar-refractivity contribution is 5.95. The maximum absolute atomic E-state index is 12.3. The van der Waals surface area contributed by atoms with Crippen molar-refractivity contribution in [1.82, 2.24) is 5.32 Å². The summed E-state index contributed by atoms with van der Waals surface area (Å²) in [4.78, 5) is 12.3. The van der Waals surface area contributed by atoms with Crippen LogP contribution in [-0.2, 0) is 6.42 Å². The lowest BCUT2D eigenvalue weighted by atomic mass is 9.95. The number of nitrogens with one attached hydrogen (secondary N) is 2. The normalized spacial score (nSPS) is 10.8. The van der Waals surface area contributed by atoms with Crippen LogP contribution in [0, 0.1) is 5.92 Å². The van der Waals surface area contributed by atoms with Crippen molar-refractivity contribution >= 4 is 17.3 Å². The average molecular weight is 393 g/mol. The van der Waals surface area contributed by atoms with Crippen molar-refractivity contribution in [3.8, 4) is 0 Å². The molecule has 0 radical (unpaired) electrons. The standard InChI is InChI=1S/C26H36N2O/c1-5-6-7-8-11-18-27-26(29)28-25-13-10-9-12-24(25)21(4)23-16-14-22(15-17-23)19-20(2)3/h9-10,12-17,20H,4-8,11,18-19H2,1-3H3,(H2,27,28,29). The van der Waals surface area contributed by atoms with Crippen molar-refractivity contribution in [3.63, 3.8) is 0 Å². The van der Waals surface area contributed by atoms with Gasteiger partial charge in [0.05, 0.1) is 5.69 Å². The molecule has 0 fully saturated rings. The van der Waals surface area contributed by atoms with Gasteiger partial charge in [-0.3, -0.25) is 0 Å². The Morgan fingerprint density at radius 3 is 2.34 bits per heavy atom. The van der Waals surface area contributed by atoms with Gasteiger partial charge in [-0.05, 0) is 41.5 Å². The van der Waals surface area contributed by atoms with E-state index in [1.54, 1.807) is 0 Å². The van der Waals surface area contributed by atoms with E-state index < -0.39 is 0 Å². The second kappa shape index (κ2) is 12.1. The van der Waals surface area contributed by atoms with Crippen LogP contribution in [0.1, 0.15) is 69.6 Å². The first-order valence-corrected chi connectivity index (χ1v) is 10.9. The summed E-state index contributed by atoms with van der Waals surface area (Å²) in [7, 11) is 0. The van der Waals surface area contributed by atoms with Crippen LogP contribution in [0.15, 0.2) is 55.1 Å². The smallest absolute Gasteiger partial charge is 0.319 e. The molecular weight excluding hydrogens is 356 g/mol. The molecule has 2 N–H and O–H groups in total. The molecule has 29 heavy (non-hydrogen) atoms. The van der Waals surface area contributed by atoms with Gasteiger partial charge in [0.25, 0.3) is 0 Å². The van der Waals surface area contributed by atoms with Crippen molar-refractivity contribution in [2.45, 2.75) is 59.3 Å². The fraction of sp³-hybridized carbons (Fsp3) is 0.423. The van der Waals surface area contributed by atoms with Gasteiger partial charge in [0, 0.05) is 12.1 Å².